The number of hydrogen-bond acceptors (Lipinski definition) is 8. The molecule has 0 bridgehead atoms. The normalized spacial score (nSPS) is 10.8. The summed E-state index contributed by atoms with van der Waals surface area (Å²) in [7, 11) is 1.59. The monoisotopic (exact) mass is 354 g/mol. The van der Waals surface area contributed by atoms with Crippen LogP contribution in [0.2, 0.25) is 0 Å². The van der Waals surface area contributed by atoms with Crippen molar-refractivity contribution >= 4 is 11.9 Å². The van der Waals surface area contributed by atoms with E-state index < -0.39 is 4.92 Å². The maximum Gasteiger partial charge on any atom is 0.278 e. The summed E-state index contributed by atoms with van der Waals surface area (Å²) < 4.78 is 10.6. The van der Waals surface area contributed by atoms with E-state index in [0.717, 1.165) is 11.3 Å². The zero-order valence-corrected chi connectivity index (χ0v) is 13.7. The lowest BCUT2D eigenvalue weighted by atomic mass is 10.2. The summed E-state index contributed by atoms with van der Waals surface area (Å²) in [5, 5.41) is 22.4. The molecule has 0 aliphatic heterocycles. The quantitative estimate of drug-likeness (QED) is 0.364. The zero-order chi connectivity index (χ0) is 18.4. The van der Waals surface area contributed by atoms with Crippen LogP contribution in [0, 0.1) is 10.1 Å². The van der Waals surface area contributed by atoms with Crippen LogP contribution in [0.1, 0.15) is 11.5 Å². The van der Waals surface area contributed by atoms with Crippen LogP contribution in [0.25, 0.3) is 11.5 Å². The summed E-state index contributed by atoms with van der Waals surface area (Å²) in [5.41, 5.74) is 1.02. The summed E-state index contributed by atoms with van der Waals surface area (Å²) in [6.45, 7) is -0.0553. The molecule has 0 radical (unpaired) electrons. The number of nitrogens with zero attached hydrogens (tertiary/aromatic N) is 4. The molecule has 0 aliphatic carbocycles. The first-order valence-electron chi connectivity index (χ1n) is 7.53. The molecule has 0 saturated heterocycles. The average molecular weight is 354 g/mol. The second kappa shape index (κ2) is 7.88. The highest BCUT2D eigenvalue weighted by molar-refractivity contribution is 5.84. The second-order valence-corrected chi connectivity index (χ2v) is 5.05. The molecule has 0 N–H and O–H groups in total. The summed E-state index contributed by atoms with van der Waals surface area (Å²) in [6.07, 6.45) is 1.26. The van der Waals surface area contributed by atoms with Crippen molar-refractivity contribution < 1.29 is 18.9 Å². The van der Waals surface area contributed by atoms with Gasteiger partial charge in [-0.2, -0.15) is 0 Å². The van der Waals surface area contributed by atoms with E-state index in [9.17, 15) is 10.1 Å². The number of para-hydroxylation sites is 1. The number of ether oxygens (including phenoxy) is 1. The molecule has 0 fully saturated rings. The minimum absolute atomic E-state index is 0.0553. The van der Waals surface area contributed by atoms with Gasteiger partial charge in [0.25, 0.3) is 11.6 Å². The van der Waals surface area contributed by atoms with Crippen LogP contribution < -0.4 is 4.74 Å². The number of benzene rings is 2. The van der Waals surface area contributed by atoms with Crippen molar-refractivity contribution in [1.29, 1.82) is 0 Å². The SMILES string of the molecule is COc1ccc(-c2nnc(CO/N=C/c3ccccc3[N+](=O)[O-])o2)cc1. The fourth-order valence-electron chi connectivity index (χ4n) is 2.11. The number of hydrogen-bond donors (Lipinski definition) is 0. The molecule has 1 aromatic heterocycles. The van der Waals surface area contributed by atoms with Gasteiger partial charge in [0.15, 0.2) is 6.61 Å². The Morgan fingerprint density at radius 3 is 2.69 bits per heavy atom. The van der Waals surface area contributed by atoms with Gasteiger partial charge in [0.05, 0.1) is 23.8 Å². The van der Waals surface area contributed by atoms with Crippen LogP contribution in [0.4, 0.5) is 5.69 Å². The van der Waals surface area contributed by atoms with Crippen LogP contribution in [-0.4, -0.2) is 28.4 Å². The third kappa shape index (κ3) is 4.01. The van der Waals surface area contributed by atoms with E-state index in [1.807, 2.05) is 0 Å². The molecule has 0 unspecified atom stereocenters. The molecule has 3 rings (SSSR count). The van der Waals surface area contributed by atoms with Crippen LogP contribution in [0.5, 0.6) is 5.75 Å². The molecular weight excluding hydrogens is 340 g/mol. The summed E-state index contributed by atoms with van der Waals surface area (Å²) in [6, 6.07) is 13.4. The van der Waals surface area contributed by atoms with Gasteiger partial charge in [-0.3, -0.25) is 10.1 Å². The highest BCUT2D eigenvalue weighted by Gasteiger charge is 2.11. The van der Waals surface area contributed by atoms with E-state index in [2.05, 4.69) is 15.4 Å². The summed E-state index contributed by atoms with van der Waals surface area (Å²) in [5.74, 6) is 1.30. The lowest BCUT2D eigenvalue weighted by molar-refractivity contribution is -0.385. The standard InChI is InChI=1S/C17H14N4O5/c1-24-14-8-6-12(7-9-14)17-20-19-16(26-17)11-25-18-10-13-4-2-3-5-15(13)21(22)23/h2-10H,11H2,1H3/b18-10+. The molecule has 2 aromatic carbocycles. The smallest absolute Gasteiger partial charge is 0.278 e. The van der Waals surface area contributed by atoms with Crippen LogP contribution in [0.3, 0.4) is 0 Å². The Kier molecular flexibility index (Phi) is 5.18. The maximum absolute atomic E-state index is 10.9. The third-order valence-corrected chi connectivity index (χ3v) is 3.39. The van der Waals surface area contributed by atoms with E-state index in [1.165, 1.54) is 12.3 Å². The Bertz CT molecular complexity index is 921. The number of nitro benzene ring substituents is 1. The zero-order valence-electron chi connectivity index (χ0n) is 13.7. The molecule has 0 spiro atoms. The van der Waals surface area contributed by atoms with Crippen molar-refractivity contribution in [1.82, 2.24) is 10.2 Å². The van der Waals surface area contributed by atoms with Crippen molar-refractivity contribution in [3.05, 3.63) is 70.1 Å². The molecule has 132 valence electrons. The van der Waals surface area contributed by atoms with Gasteiger partial charge in [-0.1, -0.05) is 17.3 Å². The second-order valence-electron chi connectivity index (χ2n) is 5.05. The number of aromatic nitrogens is 2. The van der Waals surface area contributed by atoms with Gasteiger partial charge in [0, 0.05) is 11.6 Å². The van der Waals surface area contributed by atoms with Crippen LogP contribution >= 0.6 is 0 Å². The minimum Gasteiger partial charge on any atom is -0.497 e. The fourth-order valence-corrected chi connectivity index (χ4v) is 2.11. The Morgan fingerprint density at radius 2 is 1.96 bits per heavy atom. The van der Waals surface area contributed by atoms with E-state index in [1.54, 1.807) is 49.6 Å². The highest BCUT2D eigenvalue weighted by Crippen LogP contribution is 2.21. The molecule has 3 aromatic rings. The number of oxime groups is 1. The molecule has 9 nitrogen and oxygen atoms in total. The Balaban J connectivity index is 1.61. The molecule has 0 atom stereocenters. The largest absolute Gasteiger partial charge is 0.497 e. The lowest BCUT2D eigenvalue weighted by Gasteiger charge is -1.99. The molecule has 26 heavy (non-hydrogen) atoms. The molecule has 0 saturated carbocycles. The lowest BCUT2D eigenvalue weighted by Crippen LogP contribution is -1.94. The first-order chi connectivity index (χ1) is 12.7. The molecule has 0 aliphatic rings. The summed E-state index contributed by atoms with van der Waals surface area (Å²) in [4.78, 5) is 15.5. The number of methoxy groups -OCH3 is 1. The average Bonchev–Trinajstić information content (AvgIpc) is 3.14. The van der Waals surface area contributed by atoms with E-state index in [4.69, 9.17) is 14.0 Å². The van der Waals surface area contributed by atoms with Gasteiger partial charge in [-0.15, -0.1) is 10.2 Å². The first-order valence-corrected chi connectivity index (χ1v) is 7.53. The topological polar surface area (TPSA) is 113 Å². The van der Waals surface area contributed by atoms with Crippen LogP contribution in [0.15, 0.2) is 58.1 Å². The Morgan fingerprint density at radius 1 is 1.19 bits per heavy atom. The third-order valence-electron chi connectivity index (χ3n) is 3.39. The number of rotatable bonds is 7. The molecule has 1 heterocycles. The van der Waals surface area contributed by atoms with E-state index >= 15 is 0 Å². The molecular formula is C17H14N4O5. The van der Waals surface area contributed by atoms with Gasteiger partial charge in [-0.05, 0) is 30.3 Å². The number of nitro groups is 1. The van der Waals surface area contributed by atoms with E-state index in [-0.39, 0.29) is 18.2 Å². The van der Waals surface area contributed by atoms with Gasteiger partial charge in [-0.25, -0.2) is 0 Å². The van der Waals surface area contributed by atoms with Crippen molar-refractivity contribution in [2.45, 2.75) is 6.61 Å². The highest BCUT2D eigenvalue weighted by atomic mass is 16.6. The summed E-state index contributed by atoms with van der Waals surface area (Å²) >= 11 is 0. The Hall–Kier alpha value is -3.75. The predicted molar refractivity (Wildman–Crippen MR) is 91.8 cm³/mol. The van der Waals surface area contributed by atoms with Crippen molar-refractivity contribution in [2.24, 2.45) is 5.16 Å². The predicted octanol–water partition coefficient (Wildman–Crippen LogP) is 3.20. The van der Waals surface area contributed by atoms with Gasteiger partial charge < -0.3 is 14.0 Å². The first kappa shape index (κ1) is 17.1. The van der Waals surface area contributed by atoms with Crippen molar-refractivity contribution in [2.75, 3.05) is 7.11 Å². The van der Waals surface area contributed by atoms with Gasteiger partial charge in [0.1, 0.15) is 5.75 Å². The minimum atomic E-state index is -0.486. The fraction of sp³-hybridized carbons (Fsp3) is 0.118. The van der Waals surface area contributed by atoms with Crippen molar-refractivity contribution in [3.63, 3.8) is 0 Å². The van der Waals surface area contributed by atoms with Gasteiger partial charge in [0.2, 0.25) is 5.89 Å². The van der Waals surface area contributed by atoms with E-state index in [0.29, 0.717) is 11.5 Å². The van der Waals surface area contributed by atoms with Crippen molar-refractivity contribution in [3.8, 4) is 17.2 Å². The van der Waals surface area contributed by atoms with Crippen LogP contribution in [-0.2, 0) is 11.4 Å². The molecule has 9 heteroatoms. The van der Waals surface area contributed by atoms with Gasteiger partial charge >= 0.3 is 0 Å². The maximum atomic E-state index is 10.9. The molecule has 0 amide bonds. The Labute approximate surface area is 148 Å².